The summed E-state index contributed by atoms with van der Waals surface area (Å²) >= 11 is 1.29. The van der Waals surface area contributed by atoms with Crippen LogP contribution >= 0.6 is 11.3 Å². The second kappa shape index (κ2) is 7.69. The van der Waals surface area contributed by atoms with Gasteiger partial charge in [0, 0.05) is 19.0 Å². The largest absolute Gasteiger partial charge is 0.465 e. The number of nitrogens with zero attached hydrogens (tertiary/aromatic N) is 1. The number of esters is 1. The Kier molecular flexibility index (Phi) is 5.38. The summed E-state index contributed by atoms with van der Waals surface area (Å²) in [5.74, 6) is 6.35. The Labute approximate surface area is 145 Å². The van der Waals surface area contributed by atoms with Gasteiger partial charge in [-0.05, 0) is 18.9 Å². The molecule has 0 spiro atoms. The van der Waals surface area contributed by atoms with Crippen LogP contribution in [0.2, 0.25) is 0 Å². The van der Waals surface area contributed by atoms with Gasteiger partial charge in [-0.1, -0.05) is 11.8 Å². The molecule has 0 unspecified atom stereocenters. The van der Waals surface area contributed by atoms with E-state index in [2.05, 4.69) is 17.2 Å². The van der Waals surface area contributed by atoms with Crippen molar-refractivity contribution in [2.24, 2.45) is 5.92 Å². The minimum atomic E-state index is -0.416. The average Bonchev–Trinajstić information content (AvgIpc) is 3.37. The normalized spacial score (nSPS) is 17.0. The van der Waals surface area contributed by atoms with Crippen molar-refractivity contribution in [3.05, 3.63) is 15.8 Å². The number of carbonyl (C=O) groups excluding carboxylic acids is 2. The molecule has 1 saturated carbocycles. The van der Waals surface area contributed by atoms with Gasteiger partial charge in [-0.15, -0.1) is 11.3 Å². The molecule has 128 valence electrons. The number of methoxy groups -OCH3 is 1. The molecule has 6 nitrogen and oxygen atoms in total. The van der Waals surface area contributed by atoms with E-state index in [9.17, 15) is 9.59 Å². The van der Waals surface area contributed by atoms with E-state index in [4.69, 9.17) is 9.47 Å². The van der Waals surface area contributed by atoms with Crippen molar-refractivity contribution in [3.8, 4) is 11.8 Å². The number of hydrogen-bond donors (Lipinski definition) is 1. The van der Waals surface area contributed by atoms with E-state index in [1.807, 2.05) is 6.07 Å². The number of rotatable bonds is 4. The van der Waals surface area contributed by atoms with Gasteiger partial charge in [-0.25, -0.2) is 4.79 Å². The van der Waals surface area contributed by atoms with Gasteiger partial charge in [0.25, 0.3) is 0 Å². The van der Waals surface area contributed by atoms with Gasteiger partial charge in [-0.3, -0.25) is 4.79 Å². The number of nitrogens with one attached hydrogen (secondary N) is 1. The highest BCUT2D eigenvalue weighted by molar-refractivity contribution is 7.15. The van der Waals surface area contributed by atoms with Crippen LogP contribution in [0.25, 0.3) is 0 Å². The molecule has 0 aromatic carbocycles. The third kappa shape index (κ3) is 4.28. The van der Waals surface area contributed by atoms with E-state index in [0.717, 1.165) is 17.7 Å². The maximum Gasteiger partial charge on any atom is 0.350 e. The minimum absolute atomic E-state index is 0.00840. The highest BCUT2D eigenvalue weighted by Gasteiger charge is 2.21. The summed E-state index contributed by atoms with van der Waals surface area (Å²) < 4.78 is 10.1. The van der Waals surface area contributed by atoms with Crippen molar-refractivity contribution in [1.29, 1.82) is 0 Å². The fourth-order valence-electron chi connectivity index (χ4n) is 2.32. The van der Waals surface area contributed by atoms with Crippen LogP contribution in [-0.4, -0.2) is 56.7 Å². The number of amides is 1. The zero-order chi connectivity index (χ0) is 16.9. The van der Waals surface area contributed by atoms with Crippen molar-refractivity contribution in [2.75, 3.05) is 45.3 Å². The van der Waals surface area contributed by atoms with Crippen molar-refractivity contribution >= 4 is 28.9 Å². The van der Waals surface area contributed by atoms with E-state index < -0.39 is 5.97 Å². The van der Waals surface area contributed by atoms with Crippen LogP contribution in [0.3, 0.4) is 0 Å². The van der Waals surface area contributed by atoms with Crippen LogP contribution in [0.1, 0.15) is 27.4 Å². The summed E-state index contributed by atoms with van der Waals surface area (Å²) in [6, 6.07) is 1.82. The molecule has 0 atom stereocenters. The second-order valence-corrected chi connectivity index (χ2v) is 6.79. The van der Waals surface area contributed by atoms with Crippen LogP contribution in [0.15, 0.2) is 6.07 Å². The van der Waals surface area contributed by atoms with Gasteiger partial charge < -0.3 is 19.7 Å². The summed E-state index contributed by atoms with van der Waals surface area (Å²) in [6.07, 6.45) is 2.31. The Hall–Kier alpha value is -2.04. The monoisotopic (exact) mass is 348 g/mol. The number of thiophene rings is 1. The predicted molar refractivity (Wildman–Crippen MR) is 91.1 cm³/mol. The van der Waals surface area contributed by atoms with Crippen molar-refractivity contribution in [1.82, 2.24) is 4.90 Å². The molecule has 1 aliphatic carbocycles. The number of anilines is 1. The van der Waals surface area contributed by atoms with Crippen LogP contribution in [0.4, 0.5) is 5.69 Å². The molecule has 1 N–H and O–H groups in total. The molecule has 1 aromatic rings. The van der Waals surface area contributed by atoms with Crippen molar-refractivity contribution < 1.29 is 19.1 Å². The molecular formula is C17H20N2O4S. The maximum absolute atomic E-state index is 12.2. The topological polar surface area (TPSA) is 67.9 Å². The van der Waals surface area contributed by atoms with Gasteiger partial charge in [0.15, 0.2) is 0 Å². The number of hydrogen-bond acceptors (Lipinski definition) is 6. The molecule has 3 rings (SSSR count). The van der Waals surface area contributed by atoms with Gasteiger partial charge in [0.1, 0.15) is 4.88 Å². The average molecular weight is 348 g/mol. The molecule has 2 aliphatic rings. The Balaban J connectivity index is 1.67. The van der Waals surface area contributed by atoms with E-state index >= 15 is 0 Å². The Morgan fingerprint density at radius 2 is 2.17 bits per heavy atom. The summed E-state index contributed by atoms with van der Waals surface area (Å²) in [6.45, 7) is 2.48. The van der Waals surface area contributed by atoms with Crippen molar-refractivity contribution in [2.45, 2.75) is 12.8 Å². The molecule has 24 heavy (non-hydrogen) atoms. The molecule has 0 bridgehead atoms. The lowest BCUT2D eigenvalue weighted by atomic mass is 10.3. The van der Waals surface area contributed by atoms with E-state index in [0.29, 0.717) is 42.8 Å². The zero-order valence-corrected chi connectivity index (χ0v) is 14.4. The van der Waals surface area contributed by atoms with Crippen LogP contribution in [0.5, 0.6) is 0 Å². The molecule has 1 aliphatic heterocycles. The Morgan fingerprint density at radius 1 is 1.42 bits per heavy atom. The summed E-state index contributed by atoms with van der Waals surface area (Å²) in [7, 11) is 1.35. The molecule has 7 heteroatoms. The van der Waals surface area contributed by atoms with Gasteiger partial charge in [-0.2, -0.15) is 0 Å². The smallest absolute Gasteiger partial charge is 0.350 e. The molecule has 1 amide bonds. The standard InChI is InChI=1S/C17H20N2O4S/c1-22-17(21)16-14(10-13(24-16)5-4-12-2-3-12)18-11-15(20)19-6-8-23-9-7-19/h10,12,18H,2-3,6-9,11H2,1H3. The molecule has 2 heterocycles. The van der Waals surface area contributed by atoms with E-state index in [1.165, 1.54) is 18.4 Å². The lowest BCUT2D eigenvalue weighted by molar-refractivity contribution is -0.133. The van der Waals surface area contributed by atoms with Crippen LogP contribution in [-0.2, 0) is 14.3 Å². The lowest BCUT2D eigenvalue weighted by Gasteiger charge is -2.27. The van der Waals surface area contributed by atoms with Crippen LogP contribution in [0, 0.1) is 17.8 Å². The summed E-state index contributed by atoms with van der Waals surface area (Å²) in [5, 5.41) is 3.06. The first-order chi connectivity index (χ1) is 11.7. The van der Waals surface area contributed by atoms with Gasteiger partial charge >= 0.3 is 5.97 Å². The second-order valence-electron chi connectivity index (χ2n) is 5.74. The third-order valence-electron chi connectivity index (χ3n) is 3.87. The van der Waals surface area contributed by atoms with E-state index in [1.54, 1.807) is 4.90 Å². The van der Waals surface area contributed by atoms with Gasteiger partial charge in [0.2, 0.25) is 5.91 Å². The maximum atomic E-state index is 12.2. The highest BCUT2D eigenvalue weighted by Crippen LogP contribution is 2.30. The van der Waals surface area contributed by atoms with E-state index in [-0.39, 0.29) is 12.5 Å². The first-order valence-electron chi connectivity index (χ1n) is 8.00. The first-order valence-corrected chi connectivity index (χ1v) is 8.82. The quantitative estimate of drug-likeness (QED) is 0.661. The van der Waals surface area contributed by atoms with Crippen LogP contribution < -0.4 is 5.32 Å². The molecule has 2 fully saturated rings. The fraction of sp³-hybridized carbons (Fsp3) is 0.529. The first kappa shape index (κ1) is 16.8. The summed E-state index contributed by atoms with van der Waals surface area (Å²) in [5.41, 5.74) is 0.605. The molecule has 1 aromatic heterocycles. The fourth-order valence-corrected chi connectivity index (χ4v) is 3.24. The third-order valence-corrected chi connectivity index (χ3v) is 4.90. The predicted octanol–water partition coefficient (Wildman–Crippen LogP) is 1.57. The SMILES string of the molecule is COC(=O)c1sc(C#CC2CC2)cc1NCC(=O)N1CCOCC1. The minimum Gasteiger partial charge on any atom is -0.465 e. The van der Waals surface area contributed by atoms with Crippen molar-refractivity contribution in [3.63, 3.8) is 0 Å². The molecule has 0 radical (unpaired) electrons. The Bertz CT molecular complexity index is 678. The molecular weight excluding hydrogens is 328 g/mol. The highest BCUT2D eigenvalue weighted by atomic mass is 32.1. The molecule has 1 saturated heterocycles. The van der Waals surface area contributed by atoms with Gasteiger partial charge in [0.05, 0.1) is 37.4 Å². The Morgan fingerprint density at radius 3 is 2.83 bits per heavy atom. The lowest BCUT2D eigenvalue weighted by Crippen LogP contribution is -2.43. The summed E-state index contributed by atoms with van der Waals surface area (Å²) in [4.78, 5) is 27.2. The number of ether oxygens (including phenoxy) is 2. The zero-order valence-electron chi connectivity index (χ0n) is 13.6. The number of carbonyl (C=O) groups is 2. The number of morpholine rings is 1.